The van der Waals surface area contributed by atoms with Gasteiger partial charge in [-0.05, 0) is 42.5 Å². The molecule has 256 valence electrons. The van der Waals surface area contributed by atoms with Crippen LogP contribution in [0.15, 0.2) is 114 Å². The van der Waals surface area contributed by atoms with Crippen molar-refractivity contribution in [3.8, 4) is 0 Å². The second-order valence-corrected chi connectivity index (χ2v) is 12.9. The first-order valence-electron chi connectivity index (χ1n) is 14.7. The van der Waals surface area contributed by atoms with Gasteiger partial charge in [-0.25, -0.2) is 14.4 Å². The van der Waals surface area contributed by atoms with E-state index in [1.807, 2.05) is 0 Å². The van der Waals surface area contributed by atoms with Crippen molar-refractivity contribution in [1.82, 2.24) is 4.57 Å². The van der Waals surface area contributed by atoms with E-state index in [1.165, 1.54) is 36.4 Å². The van der Waals surface area contributed by atoms with Crippen molar-refractivity contribution >= 4 is 25.5 Å². The maximum atomic E-state index is 15.2. The molecule has 0 radical (unpaired) electrons. The Morgan fingerprint density at radius 2 is 1.22 bits per heavy atom. The van der Waals surface area contributed by atoms with Crippen molar-refractivity contribution in [3.05, 3.63) is 142 Å². The van der Waals surface area contributed by atoms with Crippen LogP contribution in [0.2, 0.25) is 0 Å². The number of esters is 3. The van der Waals surface area contributed by atoms with Crippen molar-refractivity contribution in [2.24, 2.45) is 0 Å². The van der Waals surface area contributed by atoms with Crippen LogP contribution < -0.4 is 5.56 Å². The van der Waals surface area contributed by atoms with Crippen molar-refractivity contribution in [3.63, 3.8) is 0 Å². The standard InChI is InChI=1S/C34H30F2NO11P/c1-43-49(42,44-2)34(35,36)25-18-19-37(27(38)20-25)30-29(48-33(41)24-16-10-5-11-17-24)28(47-32(40)23-14-8-4-9-15-23)26(46-30)21-45-31(39)22-12-6-3-7-13-22/h3-20,26,28-30H,21H2,1-2H3/t26-,28-,29-,30-/m1/s1. The molecule has 0 amide bonds. The van der Waals surface area contributed by atoms with E-state index in [9.17, 15) is 23.7 Å². The van der Waals surface area contributed by atoms with E-state index in [4.69, 9.17) is 18.9 Å². The number of aromatic nitrogens is 1. The molecule has 0 spiro atoms. The lowest BCUT2D eigenvalue weighted by Gasteiger charge is -2.26. The van der Waals surface area contributed by atoms with Crippen LogP contribution in [0, 0.1) is 0 Å². The fraction of sp³-hybridized carbons (Fsp3) is 0.235. The molecule has 15 heteroatoms. The minimum Gasteiger partial charge on any atom is -0.459 e. The molecule has 1 aliphatic heterocycles. The summed E-state index contributed by atoms with van der Waals surface area (Å²) >= 11 is 0. The van der Waals surface area contributed by atoms with Crippen LogP contribution in [0.25, 0.3) is 0 Å². The average molecular weight is 698 g/mol. The molecule has 0 saturated carbocycles. The number of pyridine rings is 1. The molecular formula is C34H30F2NO11P. The predicted octanol–water partition coefficient (Wildman–Crippen LogP) is 5.59. The van der Waals surface area contributed by atoms with Crippen molar-refractivity contribution in [2.75, 3.05) is 20.8 Å². The SMILES string of the molecule is COP(=O)(OC)C(F)(F)c1ccn([C@@H]2O[C@H](COC(=O)c3ccccc3)[C@@H](OC(=O)c3ccccc3)[C@H]2OC(=O)c2ccccc2)c(=O)c1. The van der Waals surface area contributed by atoms with Crippen LogP contribution in [0.1, 0.15) is 42.9 Å². The lowest BCUT2D eigenvalue weighted by molar-refractivity contribution is -0.0635. The zero-order valence-corrected chi connectivity index (χ0v) is 26.9. The second-order valence-electron chi connectivity index (χ2n) is 10.6. The number of carbonyl (C=O) groups excluding carboxylic acids is 3. The number of hydrogen-bond donors (Lipinski definition) is 0. The Kier molecular flexibility index (Phi) is 10.8. The van der Waals surface area contributed by atoms with Gasteiger partial charge in [-0.3, -0.25) is 13.9 Å². The normalized spacial score (nSPS) is 19.2. The molecule has 49 heavy (non-hydrogen) atoms. The van der Waals surface area contributed by atoms with E-state index in [-0.39, 0.29) is 16.7 Å². The molecule has 4 aromatic rings. The average Bonchev–Trinajstić information content (AvgIpc) is 3.46. The Bertz CT molecular complexity index is 1880. The Labute approximate surface area is 278 Å². The lowest BCUT2D eigenvalue weighted by atomic mass is 10.1. The van der Waals surface area contributed by atoms with Gasteiger partial charge in [0.25, 0.3) is 5.56 Å². The molecule has 3 aromatic carbocycles. The van der Waals surface area contributed by atoms with Crippen LogP contribution in [0.5, 0.6) is 0 Å². The molecule has 2 heterocycles. The van der Waals surface area contributed by atoms with Gasteiger partial charge in [0.05, 0.1) is 16.7 Å². The second kappa shape index (κ2) is 15.0. The van der Waals surface area contributed by atoms with Crippen LogP contribution in [0.3, 0.4) is 0 Å². The first-order chi connectivity index (χ1) is 23.5. The third-order valence-corrected chi connectivity index (χ3v) is 9.48. The van der Waals surface area contributed by atoms with Gasteiger partial charge in [0, 0.05) is 32.0 Å². The zero-order chi connectivity index (χ0) is 35.2. The highest BCUT2D eigenvalue weighted by molar-refractivity contribution is 7.54. The summed E-state index contributed by atoms with van der Waals surface area (Å²) in [5, 5.41) is 0. The Morgan fingerprint density at radius 1 is 0.755 bits per heavy atom. The number of benzene rings is 3. The van der Waals surface area contributed by atoms with Gasteiger partial charge in [-0.2, -0.15) is 8.78 Å². The first kappa shape index (κ1) is 35.3. The van der Waals surface area contributed by atoms with Crippen LogP contribution in [0.4, 0.5) is 8.78 Å². The first-order valence-corrected chi connectivity index (χ1v) is 16.2. The Balaban J connectivity index is 1.54. The molecule has 0 aliphatic carbocycles. The summed E-state index contributed by atoms with van der Waals surface area (Å²) in [6, 6.07) is 24.9. The van der Waals surface area contributed by atoms with Gasteiger partial charge in [0.15, 0.2) is 18.4 Å². The number of hydrogen-bond acceptors (Lipinski definition) is 11. The highest BCUT2D eigenvalue weighted by atomic mass is 31.2. The lowest BCUT2D eigenvalue weighted by Crippen LogP contribution is -2.42. The minimum absolute atomic E-state index is 0.102. The van der Waals surface area contributed by atoms with E-state index in [0.717, 1.165) is 31.0 Å². The van der Waals surface area contributed by atoms with E-state index in [2.05, 4.69) is 9.05 Å². The molecule has 12 nitrogen and oxygen atoms in total. The maximum absolute atomic E-state index is 15.2. The number of alkyl halides is 2. The van der Waals surface area contributed by atoms with Gasteiger partial charge in [-0.15, -0.1) is 0 Å². The summed E-state index contributed by atoms with van der Waals surface area (Å²) < 4.78 is 75.9. The number of carbonyl (C=O) groups is 3. The van der Waals surface area contributed by atoms with Gasteiger partial charge in [0.2, 0.25) is 0 Å². The van der Waals surface area contributed by atoms with Gasteiger partial charge >= 0.3 is 31.2 Å². The zero-order valence-electron chi connectivity index (χ0n) is 26.0. The maximum Gasteiger partial charge on any atom is 0.403 e. The molecular weight excluding hydrogens is 667 g/mol. The summed E-state index contributed by atoms with van der Waals surface area (Å²) in [6.07, 6.45) is -5.07. The van der Waals surface area contributed by atoms with Gasteiger partial charge in [0.1, 0.15) is 12.7 Å². The Hall–Kier alpha value is -5.01. The number of halogens is 2. The molecule has 4 atom stereocenters. The number of rotatable bonds is 12. The summed E-state index contributed by atoms with van der Waals surface area (Å²) in [4.78, 5) is 52.9. The molecule has 0 N–H and O–H groups in total. The van der Waals surface area contributed by atoms with E-state index in [1.54, 1.807) is 54.6 Å². The monoisotopic (exact) mass is 697 g/mol. The third kappa shape index (κ3) is 7.52. The third-order valence-electron chi connectivity index (χ3n) is 7.57. The summed E-state index contributed by atoms with van der Waals surface area (Å²) in [7, 11) is -3.47. The van der Waals surface area contributed by atoms with Crippen LogP contribution in [-0.2, 0) is 38.2 Å². The van der Waals surface area contributed by atoms with Crippen LogP contribution >= 0.6 is 7.60 Å². The van der Waals surface area contributed by atoms with Crippen molar-refractivity contribution in [2.45, 2.75) is 30.2 Å². The van der Waals surface area contributed by atoms with Crippen LogP contribution in [-0.4, -0.2) is 61.6 Å². The quantitative estimate of drug-likeness (QED) is 0.104. The molecule has 0 unspecified atom stereocenters. The van der Waals surface area contributed by atoms with E-state index in [0.29, 0.717) is 6.07 Å². The highest BCUT2D eigenvalue weighted by Gasteiger charge is 2.55. The predicted molar refractivity (Wildman–Crippen MR) is 168 cm³/mol. The highest BCUT2D eigenvalue weighted by Crippen LogP contribution is 2.65. The molecule has 5 rings (SSSR count). The van der Waals surface area contributed by atoms with Gasteiger partial charge in [-0.1, -0.05) is 54.6 Å². The summed E-state index contributed by atoms with van der Waals surface area (Å²) in [5.41, 5.74) is -5.88. The summed E-state index contributed by atoms with van der Waals surface area (Å²) in [6.45, 7) is -0.536. The number of ether oxygens (including phenoxy) is 4. The van der Waals surface area contributed by atoms with Gasteiger partial charge < -0.3 is 28.0 Å². The smallest absolute Gasteiger partial charge is 0.403 e. The fourth-order valence-corrected chi connectivity index (χ4v) is 6.09. The molecule has 1 aromatic heterocycles. The molecule has 0 bridgehead atoms. The molecule has 1 saturated heterocycles. The Morgan fingerprint density at radius 3 is 1.69 bits per heavy atom. The minimum atomic E-state index is -5.03. The summed E-state index contributed by atoms with van der Waals surface area (Å²) in [5.74, 6) is -2.49. The van der Waals surface area contributed by atoms with E-state index >= 15 is 8.78 Å². The number of nitrogens with zero attached hydrogens (tertiary/aromatic N) is 1. The molecule has 1 fully saturated rings. The fourth-order valence-electron chi connectivity index (χ4n) is 5.03. The molecule has 1 aliphatic rings. The van der Waals surface area contributed by atoms with E-state index < -0.39 is 73.4 Å². The largest absolute Gasteiger partial charge is 0.459 e. The topological polar surface area (TPSA) is 146 Å². The van der Waals surface area contributed by atoms with Crippen molar-refractivity contribution in [1.29, 1.82) is 0 Å². The van der Waals surface area contributed by atoms with Crippen molar-refractivity contribution < 1.29 is 55.7 Å².